The van der Waals surface area contributed by atoms with Gasteiger partial charge in [-0.15, -0.1) is 0 Å². The lowest BCUT2D eigenvalue weighted by molar-refractivity contribution is 0.243. The Morgan fingerprint density at radius 2 is 1.78 bits per heavy atom. The Labute approximate surface area is 110 Å². The van der Waals surface area contributed by atoms with E-state index in [1.807, 2.05) is 0 Å². The molecule has 2 aliphatic rings. The normalized spacial score (nSPS) is 21.0. The second kappa shape index (κ2) is 4.58. The molecular weight excluding hydrogens is 222 g/mol. The first kappa shape index (κ1) is 12.0. The Bertz CT molecular complexity index is 443. The van der Waals surface area contributed by atoms with E-state index in [-0.39, 0.29) is 5.41 Å². The molecule has 1 fully saturated rings. The smallest absolute Gasteiger partial charge is 0.122 e. The predicted molar refractivity (Wildman–Crippen MR) is 74.2 cm³/mol. The van der Waals surface area contributed by atoms with Crippen LogP contribution in [0.15, 0.2) is 12.1 Å². The van der Waals surface area contributed by atoms with Crippen molar-refractivity contribution in [3.63, 3.8) is 0 Å². The van der Waals surface area contributed by atoms with Gasteiger partial charge < -0.3 is 10.5 Å². The van der Waals surface area contributed by atoms with Crippen LogP contribution in [-0.4, -0.2) is 13.7 Å². The average molecular weight is 245 g/mol. The van der Waals surface area contributed by atoms with Crippen LogP contribution in [0.5, 0.6) is 5.75 Å². The van der Waals surface area contributed by atoms with Crippen LogP contribution in [0, 0.1) is 0 Å². The van der Waals surface area contributed by atoms with Gasteiger partial charge in [-0.1, -0.05) is 12.5 Å². The summed E-state index contributed by atoms with van der Waals surface area (Å²) < 4.78 is 5.64. The number of ether oxygens (including phenoxy) is 1. The van der Waals surface area contributed by atoms with E-state index in [4.69, 9.17) is 10.5 Å². The molecule has 0 bridgehead atoms. The van der Waals surface area contributed by atoms with E-state index in [9.17, 15) is 0 Å². The van der Waals surface area contributed by atoms with E-state index in [0.717, 1.165) is 12.3 Å². The van der Waals surface area contributed by atoms with Gasteiger partial charge in [0.15, 0.2) is 0 Å². The SMILES string of the molecule is COc1cc2c(cc1C1(CN)CCC1)CCCC2. The molecular formula is C16H23NO. The van der Waals surface area contributed by atoms with Gasteiger partial charge in [0.05, 0.1) is 7.11 Å². The molecule has 18 heavy (non-hydrogen) atoms. The zero-order valence-corrected chi connectivity index (χ0v) is 11.3. The summed E-state index contributed by atoms with van der Waals surface area (Å²) >= 11 is 0. The molecule has 1 aromatic rings. The zero-order chi connectivity index (χ0) is 12.6. The zero-order valence-electron chi connectivity index (χ0n) is 11.3. The third kappa shape index (κ3) is 1.74. The van der Waals surface area contributed by atoms with Crippen LogP contribution < -0.4 is 10.5 Å². The van der Waals surface area contributed by atoms with Gasteiger partial charge in [0.1, 0.15) is 5.75 Å². The Balaban J connectivity index is 2.07. The third-order valence-electron chi connectivity index (χ3n) is 4.94. The van der Waals surface area contributed by atoms with Crippen molar-refractivity contribution in [2.75, 3.05) is 13.7 Å². The number of aryl methyl sites for hydroxylation is 2. The maximum Gasteiger partial charge on any atom is 0.122 e. The Kier molecular flexibility index (Phi) is 3.06. The van der Waals surface area contributed by atoms with Crippen molar-refractivity contribution in [3.05, 3.63) is 28.8 Å². The summed E-state index contributed by atoms with van der Waals surface area (Å²) in [5.74, 6) is 1.07. The Hall–Kier alpha value is -1.02. The van der Waals surface area contributed by atoms with Crippen molar-refractivity contribution < 1.29 is 4.74 Å². The lowest BCUT2D eigenvalue weighted by Crippen LogP contribution is -2.42. The highest BCUT2D eigenvalue weighted by Crippen LogP contribution is 2.47. The quantitative estimate of drug-likeness (QED) is 0.888. The van der Waals surface area contributed by atoms with Crippen LogP contribution in [-0.2, 0) is 18.3 Å². The summed E-state index contributed by atoms with van der Waals surface area (Å²) in [6.07, 6.45) is 8.83. The van der Waals surface area contributed by atoms with Gasteiger partial charge in [-0.25, -0.2) is 0 Å². The summed E-state index contributed by atoms with van der Waals surface area (Å²) in [6.45, 7) is 0.752. The lowest BCUT2D eigenvalue weighted by Gasteiger charge is -2.42. The maximum absolute atomic E-state index is 6.04. The molecule has 0 aliphatic heterocycles. The topological polar surface area (TPSA) is 35.2 Å². The number of rotatable bonds is 3. The summed E-state index contributed by atoms with van der Waals surface area (Å²) in [5, 5.41) is 0. The van der Waals surface area contributed by atoms with Crippen molar-refractivity contribution in [1.29, 1.82) is 0 Å². The van der Waals surface area contributed by atoms with Gasteiger partial charge in [0.25, 0.3) is 0 Å². The summed E-state index contributed by atoms with van der Waals surface area (Å²) in [6, 6.07) is 4.68. The van der Waals surface area contributed by atoms with E-state index in [0.29, 0.717) is 0 Å². The fraction of sp³-hybridized carbons (Fsp3) is 0.625. The number of methoxy groups -OCH3 is 1. The fourth-order valence-electron chi connectivity index (χ4n) is 3.53. The van der Waals surface area contributed by atoms with Gasteiger partial charge >= 0.3 is 0 Å². The molecule has 2 N–H and O–H groups in total. The second-order valence-corrected chi connectivity index (χ2v) is 5.87. The first-order chi connectivity index (χ1) is 8.79. The van der Waals surface area contributed by atoms with E-state index in [2.05, 4.69) is 12.1 Å². The molecule has 2 aliphatic carbocycles. The van der Waals surface area contributed by atoms with Gasteiger partial charge in [0.2, 0.25) is 0 Å². The molecule has 0 aromatic heterocycles. The number of fused-ring (bicyclic) bond motifs is 1. The molecule has 0 spiro atoms. The molecule has 1 saturated carbocycles. The Morgan fingerprint density at radius 3 is 2.28 bits per heavy atom. The summed E-state index contributed by atoms with van der Waals surface area (Å²) in [4.78, 5) is 0. The molecule has 98 valence electrons. The van der Waals surface area contributed by atoms with Crippen LogP contribution in [0.4, 0.5) is 0 Å². The van der Waals surface area contributed by atoms with Gasteiger partial charge in [-0.3, -0.25) is 0 Å². The summed E-state index contributed by atoms with van der Waals surface area (Å²) in [5.41, 5.74) is 10.7. The van der Waals surface area contributed by atoms with Crippen molar-refractivity contribution in [3.8, 4) is 5.75 Å². The average Bonchev–Trinajstić information content (AvgIpc) is 2.37. The molecule has 0 radical (unpaired) electrons. The van der Waals surface area contributed by atoms with Crippen LogP contribution >= 0.6 is 0 Å². The molecule has 2 nitrogen and oxygen atoms in total. The first-order valence-corrected chi connectivity index (χ1v) is 7.19. The minimum atomic E-state index is 0.206. The summed E-state index contributed by atoms with van der Waals surface area (Å²) in [7, 11) is 1.79. The minimum absolute atomic E-state index is 0.206. The minimum Gasteiger partial charge on any atom is -0.496 e. The van der Waals surface area contributed by atoms with E-state index >= 15 is 0 Å². The highest BCUT2D eigenvalue weighted by Gasteiger charge is 2.39. The third-order valence-corrected chi connectivity index (χ3v) is 4.94. The molecule has 0 heterocycles. The molecule has 0 saturated heterocycles. The van der Waals surface area contributed by atoms with E-state index in [1.165, 1.54) is 61.6 Å². The highest BCUT2D eigenvalue weighted by molar-refractivity contribution is 5.48. The second-order valence-electron chi connectivity index (χ2n) is 5.87. The number of hydrogen-bond donors (Lipinski definition) is 1. The Morgan fingerprint density at radius 1 is 1.11 bits per heavy atom. The van der Waals surface area contributed by atoms with Crippen molar-refractivity contribution in [2.45, 2.75) is 50.4 Å². The molecule has 1 aromatic carbocycles. The van der Waals surface area contributed by atoms with Crippen LogP contribution in [0.2, 0.25) is 0 Å². The number of nitrogens with two attached hydrogens (primary N) is 1. The van der Waals surface area contributed by atoms with E-state index in [1.54, 1.807) is 7.11 Å². The number of hydrogen-bond acceptors (Lipinski definition) is 2. The van der Waals surface area contributed by atoms with E-state index < -0.39 is 0 Å². The molecule has 3 rings (SSSR count). The van der Waals surface area contributed by atoms with Crippen molar-refractivity contribution in [1.82, 2.24) is 0 Å². The van der Waals surface area contributed by atoms with Crippen LogP contribution in [0.25, 0.3) is 0 Å². The van der Waals surface area contributed by atoms with Crippen LogP contribution in [0.3, 0.4) is 0 Å². The maximum atomic E-state index is 6.04. The predicted octanol–water partition coefficient (Wildman–Crippen LogP) is 2.95. The molecule has 2 heteroatoms. The van der Waals surface area contributed by atoms with Crippen molar-refractivity contribution in [2.24, 2.45) is 5.73 Å². The van der Waals surface area contributed by atoms with Gasteiger partial charge in [-0.2, -0.15) is 0 Å². The molecule has 0 unspecified atom stereocenters. The van der Waals surface area contributed by atoms with Crippen molar-refractivity contribution >= 4 is 0 Å². The van der Waals surface area contributed by atoms with Gasteiger partial charge in [0, 0.05) is 17.5 Å². The monoisotopic (exact) mass is 245 g/mol. The number of benzene rings is 1. The van der Waals surface area contributed by atoms with Gasteiger partial charge in [-0.05, 0) is 55.7 Å². The largest absolute Gasteiger partial charge is 0.496 e. The molecule has 0 amide bonds. The van der Waals surface area contributed by atoms with Crippen LogP contribution in [0.1, 0.15) is 48.8 Å². The first-order valence-electron chi connectivity index (χ1n) is 7.19. The molecule has 0 atom stereocenters. The standard InChI is InChI=1S/C16H23NO/c1-18-15-10-13-6-3-2-5-12(13)9-14(15)16(11-17)7-4-8-16/h9-10H,2-8,11,17H2,1H3. The fourth-order valence-corrected chi connectivity index (χ4v) is 3.53. The lowest BCUT2D eigenvalue weighted by atomic mass is 9.63. The highest BCUT2D eigenvalue weighted by atomic mass is 16.5.